The van der Waals surface area contributed by atoms with E-state index in [0.29, 0.717) is 11.3 Å². The van der Waals surface area contributed by atoms with Gasteiger partial charge in [-0.3, -0.25) is 0 Å². The summed E-state index contributed by atoms with van der Waals surface area (Å²) < 4.78 is 1.23. The van der Waals surface area contributed by atoms with E-state index in [4.69, 9.17) is 16.6 Å². The first-order chi connectivity index (χ1) is 9.56. The Labute approximate surface area is 113 Å². The zero-order valence-corrected chi connectivity index (χ0v) is 10.3. The van der Waals surface area contributed by atoms with Gasteiger partial charge in [0.05, 0.1) is 0 Å². The van der Waals surface area contributed by atoms with Gasteiger partial charge in [-0.05, 0) is 29.8 Å². The highest BCUT2D eigenvalue weighted by Gasteiger charge is 2.15. The van der Waals surface area contributed by atoms with E-state index in [1.54, 1.807) is 18.2 Å². The second-order valence-corrected chi connectivity index (χ2v) is 4.26. The minimum absolute atomic E-state index is 0.00314. The molecule has 0 saturated carbocycles. The van der Waals surface area contributed by atoms with Crippen LogP contribution in [0.4, 0.5) is 11.6 Å². The largest absolute Gasteiger partial charge is 0.477 e. The summed E-state index contributed by atoms with van der Waals surface area (Å²) in [6.45, 7) is 0. The fourth-order valence-electron chi connectivity index (χ4n) is 2.03. The number of aromatic nitrogens is 3. The number of anilines is 2. The fraction of sp³-hybridized carbons (Fsp3) is 0. The molecule has 0 aliphatic heterocycles. The van der Waals surface area contributed by atoms with Crippen molar-refractivity contribution >= 4 is 23.3 Å². The SMILES string of the molecule is Nc1ccc(-c2ccc(C(=O)O)n3nc(N)nc23)cc1. The first kappa shape index (κ1) is 12.0. The van der Waals surface area contributed by atoms with Gasteiger partial charge in [0.1, 0.15) is 0 Å². The molecular weight excluding hydrogens is 258 g/mol. The number of nitrogen functional groups attached to an aromatic ring is 2. The lowest BCUT2D eigenvalue weighted by molar-refractivity contribution is 0.0687. The molecule has 7 nitrogen and oxygen atoms in total. The number of hydrogen-bond donors (Lipinski definition) is 3. The molecule has 0 aliphatic carbocycles. The summed E-state index contributed by atoms with van der Waals surface area (Å²) in [7, 11) is 0. The van der Waals surface area contributed by atoms with Crippen molar-refractivity contribution in [2.75, 3.05) is 11.5 Å². The summed E-state index contributed by atoms with van der Waals surface area (Å²) in [5.74, 6) is -1.07. The van der Waals surface area contributed by atoms with Gasteiger partial charge in [-0.25, -0.2) is 9.31 Å². The summed E-state index contributed by atoms with van der Waals surface area (Å²) in [4.78, 5) is 15.3. The second kappa shape index (κ2) is 4.23. The normalized spacial score (nSPS) is 10.8. The molecule has 2 aromatic heterocycles. The summed E-state index contributed by atoms with van der Waals surface area (Å²) >= 11 is 0. The molecule has 0 aliphatic rings. The molecule has 20 heavy (non-hydrogen) atoms. The van der Waals surface area contributed by atoms with Crippen LogP contribution in [0, 0.1) is 0 Å². The van der Waals surface area contributed by atoms with Gasteiger partial charge in [0.25, 0.3) is 0 Å². The van der Waals surface area contributed by atoms with E-state index in [0.717, 1.165) is 11.1 Å². The monoisotopic (exact) mass is 269 g/mol. The summed E-state index contributed by atoms with van der Waals surface area (Å²) in [5, 5.41) is 13.1. The van der Waals surface area contributed by atoms with Crippen LogP contribution in [0.15, 0.2) is 36.4 Å². The zero-order chi connectivity index (χ0) is 14.3. The van der Waals surface area contributed by atoms with Crippen molar-refractivity contribution in [1.82, 2.24) is 14.6 Å². The predicted molar refractivity (Wildman–Crippen MR) is 74.2 cm³/mol. The first-order valence-electron chi connectivity index (χ1n) is 5.81. The molecule has 0 amide bonds. The van der Waals surface area contributed by atoms with Crippen LogP contribution in [0.2, 0.25) is 0 Å². The number of carboxylic acids is 1. The van der Waals surface area contributed by atoms with Gasteiger partial charge in [0.2, 0.25) is 5.95 Å². The van der Waals surface area contributed by atoms with Crippen LogP contribution in [0.5, 0.6) is 0 Å². The molecule has 5 N–H and O–H groups in total. The number of aromatic carboxylic acids is 1. The molecule has 0 spiro atoms. The number of nitrogens with two attached hydrogens (primary N) is 2. The highest BCUT2D eigenvalue weighted by molar-refractivity contribution is 5.89. The lowest BCUT2D eigenvalue weighted by atomic mass is 10.1. The van der Waals surface area contributed by atoms with Crippen molar-refractivity contribution in [3.63, 3.8) is 0 Å². The number of rotatable bonds is 2. The molecule has 0 atom stereocenters. The van der Waals surface area contributed by atoms with Crippen LogP contribution < -0.4 is 11.5 Å². The van der Waals surface area contributed by atoms with E-state index >= 15 is 0 Å². The van der Waals surface area contributed by atoms with Crippen LogP contribution in [-0.4, -0.2) is 25.7 Å². The maximum atomic E-state index is 11.2. The maximum Gasteiger partial charge on any atom is 0.354 e. The van der Waals surface area contributed by atoms with Crippen LogP contribution in [-0.2, 0) is 0 Å². The third kappa shape index (κ3) is 1.81. The maximum absolute atomic E-state index is 11.2. The molecule has 7 heteroatoms. The van der Waals surface area contributed by atoms with Crippen LogP contribution in [0.25, 0.3) is 16.8 Å². The van der Waals surface area contributed by atoms with Gasteiger partial charge in [-0.2, -0.15) is 4.98 Å². The van der Waals surface area contributed by atoms with Gasteiger partial charge in [0, 0.05) is 11.3 Å². The Kier molecular flexibility index (Phi) is 2.53. The standard InChI is InChI=1S/C13H11N5O2/c14-8-3-1-7(2-4-8)9-5-6-10(12(19)20)18-11(9)16-13(15)17-18/h1-6H,14H2,(H2,15,17)(H,19,20). The molecule has 0 unspecified atom stereocenters. The highest BCUT2D eigenvalue weighted by atomic mass is 16.4. The van der Waals surface area contributed by atoms with Crippen LogP contribution in [0.3, 0.4) is 0 Å². The minimum atomic E-state index is -1.09. The van der Waals surface area contributed by atoms with Gasteiger partial charge in [-0.1, -0.05) is 12.1 Å². The van der Waals surface area contributed by atoms with E-state index in [-0.39, 0.29) is 11.6 Å². The van der Waals surface area contributed by atoms with Crippen molar-refractivity contribution in [3.8, 4) is 11.1 Å². The van der Waals surface area contributed by atoms with Crippen molar-refractivity contribution < 1.29 is 9.90 Å². The number of nitrogens with zero attached hydrogens (tertiary/aromatic N) is 3. The topological polar surface area (TPSA) is 120 Å². The summed E-state index contributed by atoms with van der Waals surface area (Å²) in [6.07, 6.45) is 0. The Morgan fingerprint density at radius 1 is 1.10 bits per heavy atom. The lowest BCUT2D eigenvalue weighted by Crippen LogP contribution is -2.07. The molecule has 0 saturated heterocycles. The Balaban J connectivity index is 2.30. The molecular formula is C13H11N5O2. The molecule has 0 radical (unpaired) electrons. The van der Waals surface area contributed by atoms with Crippen molar-refractivity contribution in [2.45, 2.75) is 0 Å². The van der Waals surface area contributed by atoms with E-state index in [1.807, 2.05) is 12.1 Å². The number of pyridine rings is 1. The Morgan fingerprint density at radius 2 is 1.80 bits per heavy atom. The number of hydrogen-bond acceptors (Lipinski definition) is 5. The van der Waals surface area contributed by atoms with E-state index in [2.05, 4.69) is 10.1 Å². The molecule has 1 aromatic carbocycles. The third-order valence-corrected chi connectivity index (χ3v) is 2.94. The predicted octanol–water partition coefficient (Wildman–Crippen LogP) is 1.26. The molecule has 0 bridgehead atoms. The van der Waals surface area contributed by atoms with Crippen LogP contribution in [0.1, 0.15) is 10.5 Å². The average molecular weight is 269 g/mol. The average Bonchev–Trinajstić information content (AvgIpc) is 2.79. The quantitative estimate of drug-likeness (QED) is 0.602. The van der Waals surface area contributed by atoms with Crippen LogP contribution >= 0.6 is 0 Å². The van der Waals surface area contributed by atoms with Crippen molar-refractivity contribution in [2.24, 2.45) is 0 Å². The Hall–Kier alpha value is -3.09. The van der Waals surface area contributed by atoms with Gasteiger partial charge in [0.15, 0.2) is 11.3 Å². The summed E-state index contributed by atoms with van der Waals surface area (Å²) in [5.41, 5.74) is 13.9. The van der Waals surface area contributed by atoms with Gasteiger partial charge < -0.3 is 16.6 Å². The summed E-state index contributed by atoms with van der Waals surface area (Å²) in [6, 6.07) is 10.3. The smallest absolute Gasteiger partial charge is 0.354 e. The lowest BCUT2D eigenvalue weighted by Gasteiger charge is -2.05. The third-order valence-electron chi connectivity index (χ3n) is 2.94. The van der Waals surface area contributed by atoms with E-state index in [9.17, 15) is 4.79 Å². The highest BCUT2D eigenvalue weighted by Crippen LogP contribution is 2.25. The second-order valence-electron chi connectivity index (χ2n) is 4.26. The molecule has 100 valence electrons. The van der Waals surface area contributed by atoms with E-state index in [1.165, 1.54) is 10.6 Å². The fourth-order valence-corrected chi connectivity index (χ4v) is 2.03. The Bertz CT molecular complexity index is 807. The number of carbonyl (C=O) groups is 1. The first-order valence-corrected chi connectivity index (χ1v) is 5.81. The molecule has 0 fully saturated rings. The minimum Gasteiger partial charge on any atom is -0.477 e. The van der Waals surface area contributed by atoms with E-state index < -0.39 is 5.97 Å². The zero-order valence-electron chi connectivity index (χ0n) is 10.3. The Morgan fingerprint density at radius 3 is 2.45 bits per heavy atom. The number of carboxylic acid groups (broad SMARTS) is 1. The van der Waals surface area contributed by atoms with Gasteiger partial charge >= 0.3 is 5.97 Å². The van der Waals surface area contributed by atoms with Crippen molar-refractivity contribution in [3.05, 3.63) is 42.1 Å². The van der Waals surface area contributed by atoms with Gasteiger partial charge in [-0.15, -0.1) is 5.10 Å². The van der Waals surface area contributed by atoms with Crippen molar-refractivity contribution in [1.29, 1.82) is 0 Å². The molecule has 3 rings (SSSR count). The molecule has 3 aromatic rings. The number of fused-ring (bicyclic) bond motifs is 1. The number of benzene rings is 1. The molecule has 2 heterocycles.